The molecule has 1 fully saturated rings. The maximum atomic E-state index is 12.2. The van der Waals surface area contributed by atoms with Gasteiger partial charge in [-0.1, -0.05) is 11.6 Å². The third kappa shape index (κ3) is 2.47. The molecule has 10 heteroatoms. The molecular weight excluding hydrogens is 312 g/mol. The van der Waals surface area contributed by atoms with Gasteiger partial charge in [-0.3, -0.25) is 14.9 Å². The molecule has 1 aliphatic heterocycles. The van der Waals surface area contributed by atoms with Crippen LogP contribution in [-0.4, -0.2) is 41.8 Å². The zero-order valence-electron chi connectivity index (χ0n) is 9.89. The minimum Gasteiger partial charge on any atom is -0.481 e. The van der Waals surface area contributed by atoms with Gasteiger partial charge in [-0.25, -0.2) is 8.42 Å². The topological polar surface area (TPSA) is 118 Å². The molecule has 20 heavy (non-hydrogen) atoms. The minimum absolute atomic E-state index is 0.0441. The number of carboxylic acids is 1. The van der Waals surface area contributed by atoms with E-state index in [1.807, 2.05) is 0 Å². The van der Waals surface area contributed by atoms with E-state index in [-0.39, 0.29) is 18.1 Å². The number of nitro benzene ring substituents is 1. The Bertz CT molecular complexity index is 683. The van der Waals surface area contributed by atoms with Gasteiger partial charge in [0.1, 0.15) is 0 Å². The predicted molar refractivity (Wildman–Crippen MR) is 68.0 cm³/mol. The summed E-state index contributed by atoms with van der Waals surface area (Å²) >= 11 is 5.61. The van der Waals surface area contributed by atoms with Gasteiger partial charge in [0, 0.05) is 24.2 Å². The average Bonchev–Trinajstić information content (AvgIpc) is 2.25. The highest BCUT2D eigenvalue weighted by Gasteiger charge is 2.42. The fraction of sp³-hybridized carbons (Fsp3) is 0.300. The maximum Gasteiger partial charge on any atom is 0.309 e. The Balaban J connectivity index is 2.37. The van der Waals surface area contributed by atoms with Gasteiger partial charge in [0.2, 0.25) is 10.0 Å². The van der Waals surface area contributed by atoms with Crippen molar-refractivity contribution in [1.29, 1.82) is 0 Å². The zero-order chi connectivity index (χ0) is 15.1. The van der Waals surface area contributed by atoms with Crippen molar-refractivity contribution in [2.24, 2.45) is 5.92 Å². The highest BCUT2D eigenvalue weighted by atomic mass is 35.5. The summed E-state index contributed by atoms with van der Waals surface area (Å²) < 4.78 is 25.3. The molecule has 8 nitrogen and oxygen atoms in total. The summed E-state index contributed by atoms with van der Waals surface area (Å²) in [4.78, 5) is 20.2. The molecule has 1 aliphatic rings. The molecule has 0 bridgehead atoms. The third-order valence-corrected chi connectivity index (χ3v) is 5.05. The van der Waals surface area contributed by atoms with E-state index < -0.39 is 37.4 Å². The van der Waals surface area contributed by atoms with Crippen molar-refractivity contribution in [3.05, 3.63) is 33.3 Å². The molecule has 0 amide bonds. The first kappa shape index (κ1) is 14.7. The molecule has 0 radical (unpaired) electrons. The first-order valence-corrected chi connectivity index (χ1v) is 7.22. The van der Waals surface area contributed by atoms with Gasteiger partial charge >= 0.3 is 5.97 Å². The van der Waals surface area contributed by atoms with E-state index in [1.54, 1.807) is 0 Å². The van der Waals surface area contributed by atoms with E-state index in [9.17, 15) is 23.3 Å². The van der Waals surface area contributed by atoms with E-state index in [4.69, 9.17) is 16.7 Å². The van der Waals surface area contributed by atoms with Crippen molar-refractivity contribution >= 4 is 33.3 Å². The molecule has 0 spiro atoms. The first-order valence-electron chi connectivity index (χ1n) is 5.40. The largest absolute Gasteiger partial charge is 0.481 e. The van der Waals surface area contributed by atoms with Crippen molar-refractivity contribution in [3.8, 4) is 0 Å². The number of nitro groups is 1. The van der Waals surface area contributed by atoms with Crippen LogP contribution in [0.2, 0.25) is 5.02 Å². The molecule has 0 aliphatic carbocycles. The van der Waals surface area contributed by atoms with Gasteiger partial charge in [-0.05, 0) is 12.1 Å². The molecule has 0 unspecified atom stereocenters. The highest BCUT2D eigenvalue weighted by Crippen LogP contribution is 2.32. The molecule has 108 valence electrons. The Morgan fingerprint density at radius 2 is 2.05 bits per heavy atom. The summed E-state index contributed by atoms with van der Waals surface area (Å²) in [6, 6.07) is 3.22. The van der Waals surface area contributed by atoms with Gasteiger partial charge < -0.3 is 5.11 Å². The monoisotopic (exact) mass is 320 g/mol. The van der Waals surface area contributed by atoms with E-state index in [2.05, 4.69) is 0 Å². The molecule has 0 saturated carbocycles. The Morgan fingerprint density at radius 3 is 2.55 bits per heavy atom. The molecule has 0 atom stereocenters. The maximum absolute atomic E-state index is 12.2. The molecule has 1 heterocycles. The van der Waals surface area contributed by atoms with Gasteiger partial charge in [-0.2, -0.15) is 4.31 Å². The smallest absolute Gasteiger partial charge is 0.309 e. The van der Waals surface area contributed by atoms with Crippen molar-refractivity contribution in [2.45, 2.75) is 4.90 Å². The number of carbonyl (C=O) groups is 1. The van der Waals surface area contributed by atoms with Gasteiger partial charge in [-0.15, -0.1) is 0 Å². The summed E-state index contributed by atoms with van der Waals surface area (Å²) in [6.45, 7) is -0.394. The van der Waals surface area contributed by atoms with Crippen molar-refractivity contribution in [3.63, 3.8) is 0 Å². The van der Waals surface area contributed by atoms with Crippen LogP contribution in [0.5, 0.6) is 0 Å². The summed E-state index contributed by atoms with van der Waals surface area (Å²) in [6.07, 6.45) is 0. The lowest BCUT2D eigenvalue weighted by molar-refractivity contribution is -0.387. The standard InChI is InChI=1S/C10H9ClN2O6S/c11-7-1-2-9(8(3-7)13(16)17)20(18,19)12-4-6(5-12)10(14)15/h1-3,6H,4-5H2,(H,14,15). The zero-order valence-corrected chi connectivity index (χ0v) is 11.5. The van der Waals surface area contributed by atoms with Crippen LogP contribution in [0.4, 0.5) is 5.69 Å². The number of halogens is 1. The fourth-order valence-corrected chi connectivity index (χ4v) is 3.62. The summed E-state index contributed by atoms with van der Waals surface area (Å²) in [5, 5.41) is 19.7. The van der Waals surface area contributed by atoms with Crippen LogP contribution in [0.25, 0.3) is 0 Å². The molecule has 1 aromatic rings. The molecular formula is C10H9ClN2O6S. The number of nitrogens with zero attached hydrogens (tertiary/aromatic N) is 2. The van der Waals surface area contributed by atoms with Crippen LogP contribution in [0.1, 0.15) is 0 Å². The van der Waals surface area contributed by atoms with Crippen molar-refractivity contribution in [2.75, 3.05) is 13.1 Å². The van der Waals surface area contributed by atoms with Crippen LogP contribution in [-0.2, 0) is 14.8 Å². The van der Waals surface area contributed by atoms with Crippen LogP contribution in [0.15, 0.2) is 23.1 Å². The molecule has 1 saturated heterocycles. The number of hydrogen-bond donors (Lipinski definition) is 1. The van der Waals surface area contributed by atoms with Crippen LogP contribution >= 0.6 is 11.6 Å². The van der Waals surface area contributed by atoms with Gasteiger partial charge in [0.05, 0.1) is 10.8 Å². The van der Waals surface area contributed by atoms with Crippen LogP contribution in [0, 0.1) is 16.0 Å². The van der Waals surface area contributed by atoms with Gasteiger partial charge in [0.15, 0.2) is 4.90 Å². The lowest BCUT2D eigenvalue weighted by Crippen LogP contribution is -2.52. The fourth-order valence-electron chi connectivity index (χ4n) is 1.78. The Kier molecular flexibility index (Phi) is 3.67. The quantitative estimate of drug-likeness (QED) is 0.652. The summed E-state index contributed by atoms with van der Waals surface area (Å²) in [5.74, 6) is -1.88. The second-order valence-corrected chi connectivity index (χ2v) is 6.57. The SMILES string of the molecule is O=C(O)C1CN(S(=O)(=O)c2ccc(Cl)cc2[N+](=O)[O-])C1. The molecule has 2 rings (SSSR count). The predicted octanol–water partition coefficient (Wildman–Crippen LogP) is 0.953. The Morgan fingerprint density at radius 1 is 1.45 bits per heavy atom. The van der Waals surface area contributed by atoms with Crippen LogP contribution in [0.3, 0.4) is 0 Å². The second-order valence-electron chi connectivity index (χ2n) is 4.23. The summed E-state index contributed by atoms with van der Waals surface area (Å²) in [7, 11) is -4.09. The first-order chi connectivity index (χ1) is 9.23. The molecule has 0 aromatic heterocycles. The summed E-state index contributed by atoms with van der Waals surface area (Å²) in [5.41, 5.74) is -0.628. The second kappa shape index (κ2) is 5.00. The van der Waals surface area contributed by atoms with E-state index in [1.165, 1.54) is 6.07 Å². The number of hydrogen-bond acceptors (Lipinski definition) is 5. The normalized spacial score (nSPS) is 16.6. The highest BCUT2D eigenvalue weighted by molar-refractivity contribution is 7.89. The molecule has 1 aromatic carbocycles. The lowest BCUT2D eigenvalue weighted by atomic mass is 10.0. The third-order valence-electron chi connectivity index (χ3n) is 2.93. The van der Waals surface area contributed by atoms with E-state index in [0.29, 0.717) is 0 Å². The Hall–Kier alpha value is -1.71. The number of aliphatic carboxylic acids is 1. The Labute approximate surface area is 118 Å². The number of sulfonamides is 1. The van der Waals surface area contributed by atoms with E-state index in [0.717, 1.165) is 16.4 Å². The average molecular weight is 321 g/mol. The van der Waals surface area contributed by atoms with Crippen molar-refractivity contribution in [1.82, 2.24) is 4.31 Å². The lowest BCUT2D eigenvalue weighted by Gasteiger charge is -2.35. The molecule has 1 N–H and O–H groups in total. The van der Waals surface area contributed by atoms with Crippen LogP contribution < -0.4 is 0 Å². The number of rotatable bonds is 4. The number of benzene rings is 1. The van der Waals surface area contributed by atoms with Gasteiger partial charge in [0.25, 0.3) is 5.69 Å². The van der Waals surface area contributed by atoms with Crippen molar-refractivity contribution < 1.29 is 23.2 Å². The minimum atomic E-state index is -4.09. The van der Waals surface area contributed by atoms with E-state index >= 15 is 0 Å². The number of carboxylic acid groups (broad SMARTS) is 1.